The van der Waals surface area contributed by atoms with Crippen LogP contribution in [0.5, 0.6) is 5.75 Å². The van der Waals surface area contributed by atoms with Gasteiger partial charge in [0.15, 0.2) is 6.10 Å². The first-order valence-corrected chi connectivity index (χ1v) is 9.93. The molecule has 0 radical (unpaired) electrons. The van der Waals surface area contributed by atoms with Gasteiger partial charge in [-0.3, -0.25) is 4.79 Å². The Morgan fingerprint density at radius 2 is 1.90 bits per heavy atom. The van der Waals surface area contributed by atoms with Gasteiger partial charge in [0, 0.05) is 11.5 Å². The van der Waals surface area contributed by atoms with Crippen LogP contribution in [0.15, 0.2) is 51.7 Å². The van der Waals surface area contributed by atoms with E-state index in [0.29, 0.717) is 23.3 Å². The third-order valence-electron chi connectivity index (χ3n) is 5.25. The molecule has 2 N–H and O–H groups in total. The van der Waals surface area contributed by atoms with Gasteiger partial charge in [-0.25, -0.2) is 4.79 Å². The van der Waals surface area contributed by atoms with Gasteiger partial charge in [0.25, 0.3) is 5.91 Å². The Morgan fingerprint density at radius 1 is 1.14 bits per heavy atom. The molecule has 0 aliphatic carbocycles. The Morgan fingerprint density at radius 3 is 2.69 bits per heavy atom. The molecule has 7 nitrogen and oxygen atoms in total. The summed E-state index contributed by atoms with van der Waals surface area (Å²) in [6.07, 6.45) is -0.653. The van der Waals surface area contributed by atoms with Crippen LogP contribution in [-0.2, 0) is 9.53 Å². The van der Waals surface area contributed by atoms with Gasteiger partial charge < -0.3 is 24.1 Å². The molecular formula is C22H25N2O5+. The van der Waals surface area contributed by atoms with Crippen molar-refractivity contribution < 1.29 is 23.6 Å². The summed E-state index contributed by atoms with van der Waals surface area (Å²) in [7, 11) is 0. The second-order valence-electron chi connectivity index (χ2n) is 7.26. The average Bonchev–Trinajstić information content (AvgIpc) is 2.74. The number of quaternary nitrogens is 1. The molecule has 29 heavy (non-hydrogen) atoms. The van der Waals surface area contributed by atoms with Crippen molar-refractivity contribution in [3.8, 4) is 5.75 Å². The van der Waals surface area contributed by atoms with Gasteiger partial charge in [-0.05, 0) is 30.5 Å². The van der Waals surface area contributed by atoms with Crippen LogP contribution in [-0.4, -0.2) is 51.4 Å². The molecule has 1 fully saturated rings. The van der Waals surface area contributed by atoms with Gasteiger partial charge in [0.05, 0.1) is 31.7 Å². The van der Waals surface area contributed by atoms with Crippen molar-refractivity contribution >= 4 is 27.6 Å². The van der Waals surface area contributed by atoms with Crippen LogP contribution >= 0.6 is 0 Å². The summed E-state index contributed by atoms with van der Waals surface area (Å²) < 4.78 is 16.6. The number of benzene rings is 2. The lowest BCUT2D eigenvalue weighted by molar-refractivity contribution is -0.906. The zero-order chi connectivity index (χ0) is 20.2. The smallest absolute Gasteiger partial charge is 0.344 e. The number of fused-ring (bicyclic) bond motifs is 3. The van der Waals surface area contributed by atoms with Crippen LogP contribution in [0, 0.1) is 0 Å². The maximum Gasteiger partial charge on any atom is 0.344 e. The summed E-state index contributed by atoms with van der Waals surface area (Å²) in [4.78, 5) is 26.0. The second kappa shape index (κ2) is 8.63. The van der Waals surface area contributed by atoms with E-state index in [-0.39, 0.29) is 11.5 Å². The zero-order valence-electron chi connectivity index (χ0n) is 16.4. The molecule has 1 saturated heterocycles. The van der Waals surface area contributed by atoms with Gasteiger partial charge in [-0.1, -0.05) is 18.2 Å². The fourth-order valence-electron chi connectivity index (χ4n) is 3.61. The van der Waals surface area contributed by atoms with Crippen molar-refractivity contribution in [1.29, 1.82) is 0 Å². The minimum absolute atomic E-state index is 0.169. The number of amides is 1. The molecule has 1 aromatic heterocycles. The van der Waals surface area contributed by atoms with E-state index in [2.05, 4.69) is 5.32 Å². The average molecular weight is 397 g/mol. The van der Waals surface area contributed by atoms with Crippen LogP contribution in [0.2, 0.25) is 0 Å². The molecule has 1 aliphatic rings. The maximum atomic E-state index is 12.3. The Hall–Kier alpha value is -2.90. The Balaban J connectivity index is 1.41. The quantitative estimate of drug-likeness (QED) is 0.474. The summed E-state index contributed by atoms with van der Waals surface area (Å²) in [5, 5.41) is 5.13. The van der Waals surface area contributed by atoms with E-state index in [9.17, 15) is 9.59 Å². The van der Waals surface area contributed by atoms with E-state index in [1.165, 1.54) is 4.90 Å². The fourth-order valence-corrected chi connectivity index (χ4v) is 3.61. The Labute approximate surface area is 168 Å². The fraction of sp³-hybridized carbons (Fsp3) is 0.364. The third kappa shape index (κ3) is 4.41. The van der Waals surface area contributed by atoms with Gasteiger partial charge in [-0.2, -0.15) is 0 Å². The number of hydrogen-bond acceptors (Lipinski definition) is 5. The first-order chi connectivity index (χ1) is 14.1. The molecule has 1 aliphatic heterocycles. The number of rotatable bonds is 6. The number of hydrogen-bond donors (Lipinski definition) is 2. The summed E-state index contributed by atoms with van der Waals surface area (Å²) in [6.45, 7) is 6.66. The van der Waals surface area contributed by atoms with E-state index >= 15 is 0 Å². The monoisotopic (exact) mass is 397 g/mol. The van der Waals surface area contributed by atoms with Gasteiger partial charge in [0.1, 0.15) is 24.4 Å². The molecule has 3 aromatic rings. The predicted molar refractivity (Wildman–Crippen MR) is 109 cm³/mol. The van der Waals surface area contributed by atoms with E-state index in [4.69, 9.17) is 13.9 Å². The van der Waals surface area contributed by atoms with E-state index in [1.54, 1.807) is 25.1 Å². The highest BCUT2D eigenvalue weighted by atomic mass is 16.5. The number of carbonyl (C=O) groups is 1. The lowest BCUT2D eigenvalue weighted by Gasteiger charge is -2.24. The largest absolute Gasteiger partial charge is 0.481 e. The minimum atomic E-state index is -0.653. The molecule has 1 atom stereocenters. The molecule has 2 heterocycles. The van der Waals surface area contributed by atoms with Crippen LogP contribution in [0.25, 0.3) is 21.7 Å². The standard InChI is InChI=1S/C22H24N2O5/c1-15(21(25)23-8-9-24-10-12-27-13-11-24)28-16-6-7-18-17-4-2-3-5-19(17)22(26)29-20(18)14-16/h2-7,14-15H,8-13H2,1H3,(H,23,25)/p+1/t15-/m1/s1. The number of nitrogens with one attached hydrogen (secondary N) is 2. The number of carbonyl (C=O) groups excluding carboxylic acids is 1. The molecule has 0 bridgehead atoms. The molecule has 0 saturated carbocycles. The van der Waals surface area contributed by atoms with E-state index < -0.39 is 6.10 Å². The van der Waals surface area contributed by atoms with Crippen molar-refractivity contribution in [2.24, 2.45) is 0 Å². The molecule has 4 rings (SSSR count). The topological polar surface area (TPSA) is 82.2 Å². The lowest BCUT2D eigenvalue weighted by Crippen LogP contribution is -3.14. The summed E-state index contributed by atoms with van der Waals surface area (Å²) in [5.41, 5.74) is 0.0522. The first kappa shape index (κ1) is 19.4. The normalized spacial score (nSPS) is 16.0. The van der Waals surface area contributed by atoms with Crippen molar-refractivity contribution in [3.63, 3.8) is 0 Å². The highest BCUT2D eigenvalue weighted by Gasteiger charge is 2.18. The van der Waals surface area contributed by atoms with Crippen molar-refractivity contribution in [1.82, 2.24) is 5.32 Å². The predicted octanol–water partition coefficient (Wildman–Crippen LogP) is 0.745. The van der Waals surface area contributed by atoms with Gasteiger partial charge in [0.2, 0.25) is 0 Å². The summed E-state index contributed by atoms with van der Waals surface area (Å²) >= 11 is 0. The number of morpholine rings is 1. The van der Waals surface area contributed by atoms with Crippen LogP contribution in [0.4, 0.5) is 0 Å². The molecule has 2 aromatic carbocycles. The lowest BCUT2D eigenvalue weighted by atomic mass is 10.1. The molecular weight excluding hydrogens is 372 g/mol. The van der Waals surface area contributed by atoms with Gasteiger partial charge >= 0.3 is 5.63 Å². The summed E-state index contributed by atoms with van der Waals surface area (Å²) in [6, 6.07) is 12.6. The summed E-state index contributed by atoms with van der Waals surface area (Å²) in [5.74, 6) is 0.315. The molecule has 7 heteroatoms. The molecule has 152 valence electrons. The molecule has 0 spiro atoms. The van der Waals surface area contributed by atoms with Crippen molar-refractivity contribution in [2.45, 2.75) is 13.0 Å². The number of ether oxygens (including phenoxy) is 2. The second-order valence-corrected chi connectivity index (χ2v) is 7.26. The minimum Gasteiger partial charge on any atom is -0.481 e. The first-order valence-electron chi connectivity index (χ1n) is 9.93. The SMILES string of the molecule is C[C@@H](Oc1ccc2c(c1)oc(=O)c1ccccc12)C(=O)NCC[NH+]1CCOCC1. The highest BCUT2D eigenvalue weighted by Crippen LogP contribution is 2.26. The molecule has 1 amide bonds. The van der Waals surface area contributed by atoms with Gasteiger partial charge in [-0.15, -0.1) is 0 Å². The Kier molecular flexibility index (Phi) is 5.78. The van der Waals surface area contributed by atoms with E-state index in [1.807, 2.05) is 24.3 Å². The van der Waals surface area contributed by atoms with Crippen molar-refractivity contribution in [3.05, 3.63) is 52.9 Å². The highest BCUT2D eigenvalue weighted by molar-refractivity contribution is 6.04. The maximum absolute atomic E-state index is 12.3. The third-order valence-corrected chi connectivity index (χ3v) is 5.25. The Bertz CT molecular complexity index is 1070. The van der Waals surface area contributed by atoms with Crippen molar-refractivity contribution in [2.75, 3.05) is 39.4 Å². The van der Waals surface area contributed by atoms with Crippen LogP contribution < -0.4 is 20.6 Å². The zero-order valence-corrected chi connectivity index (χ0v) is 16.4. The molecule has 0 unspecified atom stereocenters. The van der Waals surface area contributed by atoms with Crippen LogP contribution in [0.3, 0.4) is 0 Å². The van der Waals surface area contributed by atoms with Crippen LogP contribution in [0.1, 0.15) is 6.92 Å². The van der Waals surface area contributed by atoms with E-state index in [0.717, 1.165) is 43.6 Å².